The van der Waals surface area contributed by atoms with Gasteiger partial charge in [0.1, 0.15) is 4.88 Å². The predicted octanol–water partition coefficient (Wildman–Crippen LogP) is 2.79. The fraction of sp³-hybridized carbons (Fsp3) is 0.455. The van der Waals surface area contributed by atoms with Gasteiger partial charge in [-0.05, 0) is 46.6 Å². The zero-order valence-corrected chi connectivity index (χ0v) is 12.4. The molecule has 1 aliphatic rings. The summed E-state index contributed by atoms with van der Waals surface area (Å²) in [5.41, 5.74) is 5.72. The summed E-state index contributed by atoms with van der Waals surface area (Å²) < 4.78 is 0.847. The van der Waals surface area contributed by atoms with Gasteiger partial charge < -0.3 is 10.6 Å². The molecule has 2 rings (SSSR count). The van der Waals surface area contributed by atoms with E-state index >= 15 is 0 Å². The van der Waals surface area contributed by atoms with E-state index in [1.165, 1.54) is 11.3 Å². The maximum absolute atomic E-state index is 12.4. The molecule has 0 spiro atoms. The quantitative estimate of drug-likeness (QED) is 0.847. The van der Waals surface area contributed by atoms with Gasteiger partial charge in [-0.2, -0.15) is 0 Å². The molecule has 2 N–H and O–H groups in total. The van der Waals surface area contributed by atoms with E-state index in [0.29, 0.717) is 4.99 Å². The molecule has 1 aromatic rings. The van der Waals surface area contributed by atoms with Crippen molar-refractivity contribution in [3.8, 4) is 0 Å². The Labute approximate surface area is 118 Å². The zero-order valence-electron chi connectivity index (χ0n) is 9.19. The molecule has 1 aliphatic heterocycles. The van der Waals surface area contributed by atoms with Crippen LogP contribution in [0.4, 0.5) is 0 Å². The number of thiophene rings is 1. The van der Waals surface area contributed by atoms with Gasteiger partial charge in [-0.3, -0.25) is 4.79 Å². The first kappa shape index (κ1) is 13.0. The topological polar surface area (TPSA) is 46.3 Å². The number of nitrogens with zero attached hydrogens (tertiary/aromatic N) is 1. The van der Waals surface area contributed by atoms with Crippen LogP contribution in [-0.2, 0) is 0 Å². The van der Waals surface area contributed by atoms with Crippen LogP contribution in [0.1, 0.15) is 28.9 Å². The maximum atomic E-state index is 12.4. The van der Waals surface area contributed by atoms with E-state index in [9.17, 15) is 4.79 Å². The first-order valence-electron chi connectivity index (χ1n) is 5.44. The zero-order chi connectivity index (χ0) is 12.4. The molecule has 1 unspecified atom stereocenters. The Bertz CT molecular complexity index is 446. The van der Waals surface area contributed by atoms with Gasteiger partial charge in [0.15, 0.2) is 0 Å². The lowest BCUT2D eigenvalue weighted by Crippen LogP contribution is -2.49. The molecule has 1 aromatic heterocycles. The Hall–Kier alpha value is -0.460. The van der Waals surface area contributed by atoms with Gasteiger partial charge >= 0.3 is 0 Å². The maximum Gasteiger partial charge on any atom is 0.265 e. The van der Waals surface area contributed by atoms with Crippen LogP contribution in [-0.4, -0.2) is 28.4 Å². The average molecular weight is 333 g/mol. The normalized spacial score (nSPS) is 20.3. The van der Waals surface area contributed by atoms with Crippen LogP contribution in [0.25, 0.3) is 0 Å². The van der Waals surface area contributed by atoms with Crippen molar-refractivity contribution in [1.82, 2.24) is 4.90 Å². The van der Waals surface area contributed by atoms with Crippen LogP contribution < -0.4 is 5.73 Å². The van der Waals surface area contributed by atoms with Crippen LogP contribution in [0.2, 0.25) is 0 Å². The Morgan fingerprint density at radius 3 is 2.94 bits per heavy atom. The summed E-state index contributed by atoms with van der Waals surface area (Å²) in [6.45, 7) is 0.741. The molecular formula is C11H13BrN2OS2. The summed E-state index contributed by atoms with van der Waals surface area (Å²) >= 11 is 9.88. The van der Waals surface area contributed by atoms with Crippen LogP contribution >= 0.6 is 39.5 Å². The van der Waals surface area contributed by atoms with Crippen molar-refractivity contribution in [3.63, 3.8) is 0 Å². The average Bonchev–Trinajstić information content (AvgIpc) is 2.74. The van der Waals surface area contributed by atoms with Gasteiger partial charge in [-0.1, -0.05) is 12.2 Å². The summed E-state index contributed by atoms with van der Waals surface area (Å²) in [4.78, 5) is 15.3. The lowest BCUT2D eigenvalue weighted by Gasteiger charge is -2.34. The molecule has 92 valence electrons. The van der Waals surface area contributed by atoms with Gasteiger partial charge in [-0.25, -0.2) is 0 Å². The smallest absolute Gasteiger partial charge is 0.265 e. The van der Waals surface area contributed by atoms with E-state index in [4.69, 9.17) is 18.0 Å². The molecule has 1 atom stereocenters. The van der Waals surface area contributed by atoms with E-state index in [-0.39, 0.29) is 11.9 Å². The Morgan fingerprint density at radius 1 is 1.59 bits per heavy atom. The Kier molecular flexibility index (Phi) is 4.17. The van der Waals surface area contributed by atoms with Crippen molar-refractivity contribution in [2.24, 2.45) is 5.73 Å². The van der Waals surface area contributed by atoms with E-state index in [1.54, 1.807) is 0 Å². The molecule has 0 aliphatic carbocycles. The highest BCUT2D eigenvalue weighted by atomic mass is 79.9. The van der Waals surface area contributed by atoms with Crippen molar-refractivity contribution < 1.29 is 4.79 Å². The van der Waals surface area contributed by atoms with Gasteiger partial charge in [0, 0.05) is 11.0 Å². The number of rotatable bonds is 2. The number of halogens is 1. The van der Waals surface area contributed by atoms with E-state index in [2.05, 4.69) is 15.9 Å². The number of nitrogens with two attached hydrogens (primary N) is 1. The lowest BCUT2D eigenvalue weighted by atomic mass is 10.0. The fourth-order valence-corrected chi connectivity index (χ4v) is 3.79. The molecule has 0 bridgehead atoms. The van der Waals surface area contributed by atoms with Crippen LogP contribution in [0.5, 0.6) is 0 Å². The lowest BCUT2D eigenvalue weighted by molar-refractivity contribution is 0.0685. The molecule has 0 aromatic carbocycles. The summed E-state index contributed by atoms with van der Waals surface area (Å²) in [5, 5.41) is 1.90. The third-order valence-electron chi connectivity index (χ3n) is 2.90. The first-order chi connectivity index (χ1) is 8.11. The molecule has 2 heterocycles. The minimum atomic E-state index is -0.0831. The second-order valence-electron chi connectivity index (χ2n) is 4.01. The summed E-state index contributed by atoms with van der Waals surface area (Å²) in [5.74, 6) is 0.0318. The molecular weight excluding hydrogens is 320 g/mol. The predicted molar refractivity (Wildman–Crippen MR) is 77.5 cm³/mol. The number of likely N-dealkylation sites (tertiary alicyclic amines) is 1. The SMILES string of the molecule is NC(=S)C1CCCCN1C(=O)c1sccc1Br. The van der Waals surface area contributed by atoms with E-state index < -0.39 is 0 Å². The molecule has 1 saturated heterocycles. The number of carbonyl (C=O) groups is 1. The van der Waals surface area contributed by atoms with Gasteiger partial charge in [0.25, 0.3) is 5.91 Å². The van der Waals surface area contributed by atoms with Crippen molar-refractivity contribution in [2.45, 2.75) is 25.3 Å². The highest BCUT2D eigenvalue weighted by Crippen LogP contribution is 2.27. The number of carbonyl (C=O) groups excluding carboxylic acids is 1. The largest absolute Gasteiger partial charge is 0.392 e. The minimum Gasteiger partial charge on any atom is -0.392 e. The summed E-state index contributed by atoms with van der Waals surface area (Å²) in [7, 11) is 0. The number of amides is 1. The van der Waals surface area contributed by atoms with Crippen LogP contribution in [0.15, 0.2) is 15.9 Å². The minimum absolute atomic E-state index is 0.0318. The first-order valence-corrected chi connectivity index (χ1v) is 7.52. The van der Waals surface area contributed by atoms with E-state index in [1.807, 2.05) is 16.3 Å². The third-order valence-corrected chi connectivity index (χ3v) is 5.00. The number of piperidine rings is 1. The van der Waals surface area contributed by atoms with Crippen molar-refractivity contribution in [2.75, 3.05) is 6.54 Å². The molecule has 17 heavy (non-hydrogen) atoms. The Balaban J connectivity index is 2.23. The molecule has 6 heteroatoms. The van der Waals surface area contributed by atoms with Crippen LogP contribution in [0.3, 0.4) is 0 Å². The number of hydrogen-bond acceptors (Lipinski definition) is 3. The fourth-order valence-electron chi connectivity index (χ4n) is 2.05. The van der Waals surface area contributed by atoms with Crippen molar-refractivity contribution in [1.29, 1.82) is 0 Å². The monoisotopic (exact) mass is 332 g/mol. The standard InChI is InChI=1S/C11H13BrN2OS2/c12-7-4-6-17-9(7)11(15)14-5-2-1-3-8(14)10(13)16/h4,6,8H,1-3,5H2,(H2,13,16). The highest BCUT2D eigenvalue weighted by molar-refractivity contribution is 9.10. The number of hydrogen-bond donors (Lipinski definition) is 1. The van der Waals surface area contributed by atoms with Crippen LogP contribution in [0, 0.1) is 0 Å². The highest BCUT2D eigenvalue weighted by Gasteiger charge is 2.30. The van der Waals surface area contributed by atoms with Gasteiger partial charge in [0.2, 0.25) is 0 Å². The molecule has 0 saturated carbocycles. The molecule has 3 nitrogen and oxygen atoms in total. The molecule has 0 radical (unpaired) electrons. The van der Waals surface area contributed by atoms with Gasteiger partial charge in [0.05, 0.1) is 11.0 Å². The number of thiocarbonyl (C=S) groups is 1. The van der Waals surface area contributed by atoms with E-state index in [0.717, 1.165) is 35.2 Å². The molecule has 1 fully saturated rings. The second-order valence-corrected chi connectivity index (χ2v) is 6.25. The summed E-state index contributed by atoms with van der Waals surface area (Å²) in [6.07, 6.45) is 2.98. The summed E-state index contributed by atoms with van der Waals surface area (Å²) in [6, 6.07) is 1.80. The molecule has 1 amide bonds. The third kappa shape index (κ3) is 2.69. The second kappa shape index (κ2) is 5.46. The van der Waals surface area contributed by atoms with Crippen molar-refractivity contribution in [3.05, 3.63) is 20.8 Å². The van der Waals surface area contributed by atoms with Crippen molar-refractivity contribution >= 4 is 50.4 Å². The van der Waals surface area contributed by atoms with Gasteiger partial charge in [-0.15, -0.1) is 11.3 Å². The Morgan fingerprint density at radius 2 is 2.35 bits per heavy atom.